The lowest BCUT2D eigenvalue weighted by atomic mass is 10.1. The molecule has 1 N–H and O–H groups in total. The predicted octanol–water partition coefficient (Wildman–Crippen LogP) is 0.383. The Balaban J connectivity index is 1.94. The van der Waals surface area contributed by atoms with E-state index < -0.39 is 0 Å². The molecule has 6 nitrogen and oxygen atoms in total. The summed E-state index contributed by atoms with van der Waals surface area (Å²) in [7, 11) is 1.86. The van der Waals surface area contributed by atoms with Crippen LogP contribution < -0.4 is 10.9 Å². The third kappa shape index (κ3) is 2.01. The Morgan fingerprint density at radius 3 is 3.17 bits per heavy atom. The number of nitrogens with one attached hydrogen (secondary N) is 1. The summed E-state index contributed by atoms with van der Waals surface area (Å²) in [4.78, 5) is 11.9. The van der Waals surface area contributed by atoms with E-state index in [1.165, 1.54) is 4.68 Å². The van der Waals surface area contributed by atoms with Crippen molar-refractivity contribution in [2.75, 3.05) is 11.9 Å². The second-order valence-corrected chi connectivity index (χ2v) is 4.55. The van der Waals surface area contributed by atoms with E-state index in [9.17, 15) is 4.79 Å². The maximum atomic E-state index is 11.9. The first-order chi connectivity index (χ1) is 8.72. The maximum absolute atomic E-state index is 11.9. The number of aryl methyl sites for hydroxylation is 2. The van der Waals surface area contributed by atoms with Crippen LogP contribution in [0.1, 0.15) is 17.7 Å². The topological polar surface area (TPSA) is 64.7 Å². The summed E-state index contributed by atoms with van der Waals surface area (Å²) >= 11 is 0. The minimum Gasteiger partial charge on any atom is -0.383 e. The molecule has 18 heavy (non-hydrogen) atoms. The van der Waals surface area contributed by atoms with Crippen LogP contribution >= 0.6 is 0 Å². The van der Waals surface area contributed by atoms with Crippen LogP contribution in [0.3, 0.4) is 0 Å². The average molecular weight is 245 g/mol. The van der Waals surface area contributed by atoms with Crippen molar-refractivity contribution in [1.29, 1.82) is 0 Å². The van der Waals surface area contributed by atoms with Gasteiger partial charge in [0.2, 0.25) is 0 Å². The van der Waals surface area contributed by atoms with Gasteiger partial charge in [-0.2, -0.15) is 10.2 Å². The van der Waals surface area contributed by atoms with E-state index in [1.807, 2.05) is 13.2 Å². The lowest BCUT2D eigenvalue weighted by molar-refractivity contribution is 0.607. The fourth-order valence-corrected chi connectivity index (χ4v) is 2.19. The molecule has 0 amide bonds. The number of hydrogen-bond acceptors (Lipinski definition) is 4. The number of fused-ring (bicyclic) bond motifs is 1. The predicted molar refractivity (Wildman–Crippen MR) is 67.6 cm³/mol. The van der Waals surface area contributed by atoms with Crippen LogP contribution in [-0.2, 0) is 20.0 Å². The second-order valence-electron chi connectivity index (χ2n) is 4.55. The molecule has 6 heteroatoms. The first-order valence-electron chi connectivity index (χ1n) is 6.05. The van der Waals surface area contributed by atoms with Crippen molar-refractivity contribution in [3.05, 3.63) is 40.1 Å². The molecule has 0 aromatic carbocycles. The van der Waals surface area contributed by atoms with Crippen molar-refractivity contribution >= 4 is 5.69 Å². The summed E-state index contributed by atoms with van der Waals surface area (Å²) < 4.78 is 3.23. The monoisotopic (exact) mass is 245 g/mol. The van der Waals surface area contributed by atoms with Gasteiger partial charge < -0.3 is 5.32 Å². The highest BCUT2D eigenvalue weighted by molar-refractivity contribution is 5.48. The molecule has 1 aliphatic rings. The largest absolute Gasteiger partial charge is 0.383 e. The van der Waals surface area contributed by atoms with E-state index in [1.54, 1.807) is 16.9 Å². The summed E-state index contributed by atoms with van der Waals surface area (Å²) in [6.07, 6.45) is 5.64. The molecule has 2 aromatic rings. The summed E-state index contributed by atoms with van der Waals surface area (Å²) in [5.41, 5.74) is 2.77. The first-order valence-corrected chi connectivity index (χ1v) is 6.05. The van der Waals surface area contributed by atoms with Gasteiger partial charge in [-0.05, 0) is 12.8 Å². The van der Waals surface area contributed by atoms with Crippen LogP contribution in [0, 0.1) is 0 Å². The average Bonchev–Trinajstić information content (AvgIpc) is 2.76. The Hall–Kier alpha value is -2.11. The SMILES string of the molecule is Cn1cc(Cn2nc3c(cc2=O)NCCC3)cn1. The van der Waals surface area contributed by atoms with Gasteiger partial charge in [-0.3, -0.25) is 9.48 Å². The Bertz CT molecular complexity index is 628. The van der Waals surface area contributed by atoms with Gasteiger partial charge in [0, 0.05) is 31.4 Å². The molecule has 1 aliphatic heterocycles. The zero-order chi connectivity index (χ0) is 12.5. The molecule has 94 valence electrons. The molecule has 0 fully saturated rings. The van der Waals surface area contributed by atoms with Gasteiger partial charge in [0.25, 0.3) is 5.56 Å². The fraction of sp³-hybridized carbons (Fsp3) is 0.417. The smallest absolute Gasteiger partial charge is 0.269 e. The summed E-state index contributed by atoms with van der Waals surface area (Å²) in [6.45, 7) is 1.39. The zero-order valence-corrected chi connectivity index (χ0v) is 10.3. The van der Waals surface area contributed by atoms with Gasteiger partial charge in [0.1, 0.15) is 0 Å². The number of rotatable bonds is 2. The van der Waals surface area contributed by atoms with Gasteiger partial charge in [-0.25, -0.2) is 4.68 Å². The van der Waals surface area contributed by atoms with Crippen molar-refractivity contribution in [2.45, 2.75) is 19.4 Å². The Morgan fingerprint density at radius 2 is 2.39 bits per heavy atom. The highest BCUT2D eigenvalue weighted by atomic mass is 16.1. The Kier molecular flexibility index (Phi) is 2.62. The van der Waals surface area contributed by atoms with Crippen LogP contribution in [0.2, 0.25) is 0 Å². The van der Waals surface area contributed by atoms with Gasteiger partial charge >= 0.3 is 0 Å². The van der Waals surface area contributed by atoms with Crippen molar-refractivity contribution in [2.24, 2.45) is 7.05 Å². The van der Waals surface area contributed by atoms with Crippen molar-refractivity contribution in [3.63, 3.8) is 0 Å². The molecule has 2 aromatic heterocycles. The molecular weight excluding hydrogens is 230 g/mol. The quantitative estimate of drug-likeness (QED) is 0.831. The third-order valence-corrected chi connectivity index (χ3v) is 3.07. The van der Waals surface area contributed by atoms with Gasteiger partial charge in [0.15, 0.2) is 0 Å². The molecule has 0 aliphatic carbocycles. The molecular formula is C12H15N5O. The summed E-state index contributed by atoms with van der Waals surface area (Å²) in [5.74, 6) is 0. The zero-order valence-electron chi connectivity index (χ0n) is 10.3. The van der Waals surface area contributed by atoms with Crippen LogP contribution in [0.15, 0.2) is 23.3 Å². The van der Waals surface area contributed by atoms with Gasteiger partial charge in [-0.1, -0.05) is 0 Å². The number of hydrogen-bond donors (Lipinski definition) is 1. The first kappa shape index (κ1) is 11.0. The molecule has 0 bridgehead atoms. The highest BCUT2D eigenvalue weighted by Gasteiger charge is 2.13. The lowest BCUT2D eigenvalue weighted by Gasteiger charge is -2.17. The minimum atomic E-state index is -0.0768. The Labute approximate surface area is 104 Å². The van der Waals surface area contributed by atoms with Crippen molar-refractivity contribution in [3.8, 4) is 0 Å². The van der Waals surface area contributed by atoms with Crippen molar-refractivity contribution < 1.29 is 0 Å². The van der Waals surface area contributed by atoms with Crippen LogP contribution in [0.25, 0.3) is 0 Å². The number of nitrogens with zero attached hydrogens (tertiary/aromatic N) is 4. The standard InChI is InChI=1S/C12H15N5O/c1-16-7-9(6-14-16)8-17-12(18)5-11-10(15-17)3-2-4-13-11/h5-7,13H,2-4,8H2,1H3. The van der Waals surface area contributed by atoms with Crippen LogP contribution in [-0.4, -0.2) is 26.1 Å². The highest BCUT2D eigenvalue weighted by Crippen LogP contribution is 2.16. The van der Waals surface area contributed by atoms with E-state index in [4.69, 9.17) is 0 Å². The molecule has 3 rings (SSSR count). The van der Waals surface area contributed by atoms with E-state index in [0.29, 0.717) is 6.54 Å². The van der Waals surface area contributed by atoms with E-state index in [2.05, 4.69) is 15.5 Å². The molecule has 0 unspecified atom stereocenters. The molecule has 0 radical (unpaired) electrons. The number of aromatic nitrogens is 4. The Morgan fingerprint density at radius 1 is 1.50 bits per heavy atom. The lowest BCUT2D eigenvalue weighted by Crippen LogP contribution is -2.27. The third-order valence-electron chi connectivity index (χ3n) is 3.07. The van der Waals surface area contributed by atoms with E-state index in [-0.39, 0.29) is 5.56 Å². The number of anilines is 1. The summed E-state index contributed by atoms with van der Waals surface area (Å²) in [6, 6.07) is 1.64. The van der Waals surface area contributed by atoms with Gasteiger partial charge in [0.05, 0.1) is 24.1 Å². The van der Waals surface area contributed by atoms with E-state index >= 15 is 0 Å². The van der Waals surface area contributed by atoms with Gasteiger partial charge in [-0.15, -0.1) is 0 Å². The van der Waals surface area contributed by atoms with E-state index in [0.717, 1.165) is 36.3 Å². The molecule has 3 heterocycles. The minimum absolute atomic E-state index is 0.0768. The fourth-order valence-electron chi connectivity index (χ4n) is 2.19. The normalized spacial score (nSPS) is 14.1. The molecule has 0 atom stereocenters. The molecule has 0 spiro atoms. The maximum Gasteiger partial charge on any atom is 0.269 e. The molecule has 0 saturated carbocycles. The van der Waals surface area contributed by atoms with Crippen molar-refractivity contribution in [1.82, 2.24) is 19.6 Å². The summed E-state index contributed by atoms with van der Waals surface area (Å²) in [5, 5.41) is 11.7. The van der Waals surface area contributed by atoms with Crippen LogP contribution in [0.4, 0.5) is 5.69 Å². The molecule has 0 saturated heterocycles. The van der Waals surface area contributed by atoms with Crippen LogP contribution in [0.5, 0.6) is 0 Å². The second kappa shape index (κ2) is 4.29.